The van der Waals surface area contributed by atoms with Crippen LogP contribution in [0.1, 0.15) is 59.8 Å². The first-order valence-electron chi connectivity index (χ1n) is 6.96. The average molecular weight is 226 g/mol. The molecule has 0 aromatic carbocycles. The molecule has 0 radical (unpaired) electrons. The maximum atomic E-state index is 3.48. The summed E-state index contributed by atoms with van der Waals surface area (Å²) in [5, 5.41) is 6.82. The smallest absolute Gasteiger partial charge is 0.00412 e. The van der Waals surface area contributed by atoms with Gasteiger partial charge in [0.25, 0.3) is 0 Å². The third-order valence-electron chi connectivity index (χ3n) is 3.80. The van der Waals surface area contributed by atoms with Crippen molar-refractivity contribution in [2.75, 3.05) is 13.1 Å². The van der Waals surface area contributed by atoms with E-state index in [2.05, 4.69) is 38.3 Å². The van der Waals surface area contributed by atoms with Crippen LogP contribution in [0.2, 0.25) is 0 Å². The van der Waals surface area contributed by atoms with Crippen molar-refractivity contribution in [3.05, 3.63) is 0 Å². The molecule has 0 bridgehead atoms. The summed E-state index contributed by atoms with van der Waals surface area (Å²) in [6.45, 7) is 11.6. The number of piperidine rings is 2. The third kappa shape index (κ3) is 5.86. The molecule has 2 nitrogen and oxygen atoms in total. The minimum Gasteiger partial charge on any atom is -0.317 e. The lowest BCUT2D eigenvalue weighted by atomic mass is 9.83. The molecule has 0 aromatic heterocycles. The van der Waals surface area contributed by atoms with Crippen LogP contribution in [-0.2, 0) is 0 Å². The fraction of sp³-hybridized carbons (Fsp3) is 1.00. The monoisotopic (exact) mass is 226 g/mol. The van der Waals surface area contributed by atoms with Gasteiger partial charge in [0.1, 0.15) is 0 Å². The molecule has 96 valence electrons. The predicted molar refractivity (Wildman–Crippen MR) is 71.8 cm³/mol. The number of hydrogen-bond donors (Lipinski definition) is 2. The number of rotatable bonds is 0. The zero-order chi connectivity index (χ0) is 12.0. The van der Waals surface area contributed by atoms with Crippen molar-refractivity contribution in [1.29, 1.82) is 0 Å². The lowest BCUT2D eigenvalue weighted by Gasteiger charge is -2.29. The van der Waals surface area contributed by atoms with E-state index in [4.69, 9.17) is 0 Å². The Labute approximate surface area is 102 Å². The summed E-state index contributed by atoms with van der Waals surface area (Å²) >= 11 is 0. The van der Waals surface area contributed by atoms with E-state index in [0.717, 1.165) is 12.1 Å². The van der Waals surface area contributed by atoms with Gasteiger partial charge in [-0.05, 0) is 58.0 Å². The largest absolute Gasteiger partial charge is 0.317 e. The van der Waals surface area contributed by atoms with E-state index in [1.54, 1.807) is 0 Å². The first kappa shape index (κ1) is 14.0. The van der Waals surface area contributed by atoms with E-state index in [1.807, 2.05) is 0 Å². The van der Waals surface area contributed by atoms with Gasteiger partial charge in [-0.15, -0.1) is 0 Å². The van der Waals surface area contributed by atoms with E-state index < -0.39 is 0 Å². The third-order valence-corrected chi connectivity index (χ3v) is 3.80. The Morgan fingerprint density at radius 1 is 0.938 bits per heavy atom. The lowest BCUT2D eigenvalue weighted by Crippen LogP contribution is -2.38. The molecule has 16 heavy (non-hydrogen) atoms. The van der Waals surface area contributed by atoms with Crippen molar-refractivity contribution >= 4 is 0 Å². The van der Waals surface area contributed by atoms with Gasteiger partial charge in [0.2, 0.25) is 0 Å². The van der Waals surface area contributed by atoms with Crippen molar-refractivity contribution in [3.63, 3.8) is 0 Å². The summed E-state index contributed by atoms with van der Waals surface area (Å²) < 4.78 is 0. The highest BCUT2D eigenvalue weighted by Crippen LogP contribution is 2.25. The van der Waals surface area contributed by atoms with Crippen molar-refractivity contribution < 1.29 is 0 Å². The Balaban J connectivity index is 0.000000160. The van der Waals surface area contributed by atoms with Crippen LogP contribution in [0.15, 0.2) is 0 Å². The van der Waals surface area contributed by atoms with Gasteiger partial charge in [-0.1, -0.05) is 20.3 Å². The molecule has 2 saturated heterocycles. The molecular formula is C14H30N2. The normalized spacial score (nSPS) is 33.8. The Morgan fingerprint density at radius 3 is 1.69 bits per heavy atom. The quantitative estimate of drug-likeness (QED) is 0.663. The van der Waals surface area contributed by atoms with Gasteiger partial charge >= 0.3 is 0 Å². The van der Waals surface area contributed by atoms with Gasteiger partial charge in [0.15, 0.2) is 0 Å². The molecule has 2 fully saturated rings. The fourth-order valence-corrected chi connectivity index (χ4v) is 2.49. The molecular weight excluding hydrogens is 196 g/mol. The zero-order valence-electron chi connectivity index (χ0n) is 11.6. The zero-order valence-corrected chi connectivity index (χ0v) is 11.6. The standard InChI is InChI=1S/2C7H15N/c1-7(2)3-5-8-6-4-7;1-6-4-3-5-7(2)8-6/h8H,3-6H2,1-2H3;6-8H,3-5H2,1-2H3. The first-order chi connectivity index (χ1) is 7.49. The highest BCUT2D eigenvalue weighted by molar-refractivity contribution is 4.75. The van der Waals surface area contributed by atoms with Crippen LogP contribution in [0.4, 0.5) is 0 Å². The SMILES string of the molecule is CC1(C)CCNCC1.CC1CCCC(C)N1. The van der Waals surface area contributed by atoms with Gasteiger partial charge < -0.3 is 10.6 Å². The minimum atomic E-state index is 0.616. The van der Waals surface area contributed by atoms with E-state index in [0.29, 0.717) is 5.41 Å². The molecule has 0 aliphatic carbocycles. The molecule has 2 rings (SSSR count). The second-order valence-corrected chi connectivity index (χ2v) is 6.31. The predicted octanol–water partition coefficient (Wildman–Crippen LogP) is 2.93. The van der Waals surface area contributed by atoms with E-state index in [1.165, 1.54) is 45.2 Å². The summed E-state index contributed by atoms with van der Waals surface area (Å²) in [5.41, 5.74) is 0.616. The molecule has 0 amide bonds. The summed E-state index contributed by atoms with van der Waals surface area (Å²) in [6.07, 6.45) is 6.82. The maximum Gasteiger partial charge on any atom is 0.00412 e. The molecule has 0 saturated carbocycles. The second-order valence-electron chi connectivity index (χ2n) is 6.31. The molecule has 2 heterocycles. The Kier molecular flexibility index (Phi) is 5.77. The molecule has 2 heteroatoms. The summed E-state index contributed by atoms with van der Waals surface area (Å²) in [4.78, 5) is 0. The van der Waals surface area contributed by atoms with Gasteiger partial charge in [-0.25, -0.2) is 0 Å². The van der Waals surface area contributed by atoms with Gasteiger partial charge in [-0.3, -0.25) is 0 Å². The van der Waals surface area contributed by atoms with Gasteiger partial charge in [-0.2, -0.15) is 0 Å². The average Bonchev–Trinajstić information content (AvgIpc) is 2.17. The van der Waals surface area contributed by atoms with Crippen LogP contribution < -0.4 is 10.6 Å². The molecule has 2 N–H and O–H groups in total. The van der Waals surface area contributed by atoms with Crippen molar-refractivity contribution in [2.24, 2.45) is 5.41 Å². The summed E-state index contributed by atoms with van der Waals surface area (Å²) in [7, 11) is 0. The second kappa shape index (κ2) is 6.61. The van der Waals surface area contributed by atoms with E-state index >= 15 is 0 Å². The van der Waals surface area contributed by atoms with Gasteiger partial charge in [0.05, 0.1) is 0 Å². The molecule has 2 aliphatic rings. The lowest BCUT2D eigenvalue weighted by molar-refractivity contribution is 0.259. The molecule has 2 atom stereocenters. The summed E-state index contributed by atoms with van der Waals surface area (Å²) in [6, 6.07) is 1.53. The Morgan fingerprint density at radius 2 is 1.44 bits per heavy atom. The van der Waals surface area contributed by atoms with E-state index in [9.17, 15) is 0 Å². The summed E-state index contributed by atoms with van der Waals surface area (Å²) in [5.74, 6) is 0. The van der Waals surface area contributed by atoms with Crippen molar-refractivity contribution in [3.8, 4) is 0 Å². The van der Waals surface area contributed by atoms with E-state index in [-0.39, 0.29) is 0 Å². The fourth-order valence-electron chi connectivity index (χ4n) is 2.49. The highest BCUT2D eigenvalue weighted by atomic mass is 14.9. The molecule has 0 aromatic rings. The minimum absolute atomic E-state index is 0.616. The van der Waals surface area contributed by atoms with Crippen LogP contribution in [0.5, 0.6) is 0 Å². The highest BCUT2D eigenvalue weighted by Gasteiger charge is 2.19. The van der Waals surface area contributed by atoms with Crippen molar-refractivity contribution in [2.45, 2.75) is 71.9 Å². The molecule has 2 aliphatic heterocycles. The Hall–Kier alpha value is -0.0800. The number of nitrogens with one attached hydrogen (secondary N) is 2. The maximum absolute atomic E-state index is 3.48. The van der Waals surface area contributed by atoms with Crippen LogP contribution in [-0.4, -0.2) is 25.2 Å². The van der Waals surface area contributed by atoms with Crippen LogP contribution in [0.25, 0.3) is 0 Å². The van der Waals surface area contributed by atoms with Crippen LogP contribution in [0.3, 0.4) is 0 Å². The topological polar surface area (TPSA) is 24.1 Å². The van der Waals surface area contributed by atoms with Crippen LogP contribution >= 0.6 is 0 Å². The first-order valence-corrected chi connectivity index (χ1v) is 6.96. The Bertz CT molecular complexity index is 173. The van der Waals surface area contributed by atoms with Crippen LogP contribution in [0, 0.1) is 5.41 Å². The molecule has 0 spiro atoms. The van der Waals surface area contributed by atoms with Crippen molar-refractivity contribution in [1.82, 2.24) is 10.6 Å². The molecule has 2 unspecified atom stereocenters. The number of hydrogen-bond acceptors (Lipinski definition) is 2. The van der Waals surface area contributed by atoms with Gasteiger partial charge in [0, 0.05) is 12.1 Å².